The summed E-state index contributed by atoms with van der Waals surface area (Å²) in [5.74, 6) is -0.228. The largest absolute Gasteiger partial charge is 0.390 e. The maximum absolute atomic E-state index is 14.1. The molecule has 1 aromatic carbocycles. The fourth-order valence-electron chi connectivity index (χ4n) is 2.51. The van der Waals surface area contributed by atoms with Crippen molar-refractivity contribution in [2.45, 2.75) is 18.4 Å². The highest BCUT2D eigenvalue weighted by Gasteiger charge is 2.42. The lowest BCUT2D eigenvalue weighted by atomic mass is 9.80. The zero-order valence-corrected chi connectivity index (χ0v) is 11.1. The van der Waals surface area contributed by atoms with Crippen LogP contribution in [0.3, 0.4) is 0 Å². The zero-order valence-electron chi connectivity index (χ0n) is 10.3. The number of thiazole rings is 1. The van der Waals surface area contributed by atoms with Gasteiger partial charge in [-0.25, -0.2) is 9.37 Å². The Morgan fingerprint density at radius 3 is 2.89 bits per heavy atom. The number of aliphatic hydroxyl groups excluding tert-OH is 1. The van der Waals surface area contributed by atoms with E-state index in [1.165, 1.54) is 17.4 Å². The molecule has 0 spiro atoms. The van der Waals surface area contributed by atoms with Gasteiger partial charge in [-0.2, -0.15) is 0 Å². The van der Waals surface area contributed by atoms with Gasteiger partial charge in [-0.05, 0) is 12.5 Å². The number of aliphatic hydroxyl groups is 1. The number of hydrogen-bond acceptors (Lipinski definition) is 4. The predicted molar refractivity (Wildman–Crippen MR) is 70.7 cm³/mol. The average molecular weight is 279 g/mol. The molecule has 1 fully saturated rings. The summed E-state index contributed by atoms with van der Waals surface area (Å²) < 4.78 is 19.6. The zero-order chi connectivity index (χ0) is 13.3. The molecule has 2 aromatic rings. The maximum Gasteiger partial charge on any atom is 0.127 e. The number of rotatable bonds is 3. The topological polar surface area (TPSA) is 42.4 Å². The quantitative estimate of drug-likeness (QED) is 0.938. The van der Waals surface area contributed by atoms with Crippen molar-refractivity contribution in [2.75, 3.05) is 13.2 Å². The minimum absolute atomic E-state index is 0.0926. The molecule has 2 heterocycles. The molecule has 0 bridgehead atoms. The standard InChI is InChI=1S/C14H14FNO2S/c15-12-4-2-1-3-11(12)14(5-6-18-9-14)13-16-10(7-17)8-19-13/h1-4,8,17H,5-7,9H2. The molecule has 1 saturated heterocycles. The van der Waals surface area contributed by atoms with Gasteiger partial charge < -0.3 is 9.84 Å². The molecule has 1 unspecified atom stereocenters. The van der Waals surface area contributed by atoms with Crippen LogP contribution in [0, 0.1) is 5.82 Å². The van der Waals surface area contributed by atoms with Gasteiger partial charge in [0.15, 0.2) is 0 Å². The number of ether oxygens (including phenoxy) is 1. The van der Waals surface area contributed by atoms with Crippen LogP contribution in [-0.2, 0) is 16.8 Å². The van der Waals surface area contributed by atoms with Gasteiger partial charge >= 0.3 is 0 Å². The summed E-state index contributed by atoms with van der Waals surface area (Å²) >= 11 is 1.46. The number of aromatic nitrogens is 1. The van der Waals surface area contributed by atoms with Crippen LogP contribution in [0.15, 0.2) is 29.6 Å². The first kappa shape index (κ1) is 12.7. The van der Waals surface area contributed by atoms with E-state index in [-0.39, 0.29) is 12.4 Å². The van der Waals surface area contributed by atoms with E-state index in [4.69, 9.17) is 9.84 Å². The van der Waals surface area contributed by atoms with Crippen LogP contribution in [0.1, 0.15) is 22.7 Å². The Hall–Kier alpha value is -1.30. The second kappa shape index (κ2) is 5.00. The van der Waals surface area contributed by atoms with E-state index >= 15 is 0 Å². The molecule has 1 aromatic heterocycles. The van der Waals surface area contributed by atoms with E-state index in [0.717, 1.165) is 5.01 Å². The van der Waals surface area contributed by atoms with Crippen LogP contribution in [0.25, 0.3) is 0 Å². The van der Waals surface area contributed by atoms with E-state index in [1.807, 2.05) is 11.4 Å². The first-order chi connectivity index (χ1) is 9.26. The summed E-state index contributed by atoms with van der Waals surface area (Å²) in [4.78, 5) is 4.42. The smallest absolute Gasteiger partial charge is 0.127 e. The highest BCUT2D eigenvalue weighted by atomic mass is 32.1. The van der Waals surface area contributed by atoms with Gasteiger partial charge in [-0.1, -0.05) is 18.2 Å². The van der Waals surface area contributed by atoms with Gasteiger partial charge in [-0.3, -0.25) is 0 Å². The van der Waals surface area contributed by atoms with Gasteiger partial charge in [0.05, 0.1) is 24.3 Å². The third kappa shape index (κ3) is 2.08. The first-order valence-electron chi connectivity index (χ1n) is 6.15. The van der Waals surface area contributed by atoms with Gasteiger partial charge in [0, 0.05) is 17.6 Å². The molecule has 19 heavy (non-hydrogen) atoms. The molecular formula is C14H14FNO2S. The Morgan fingerprint density at radius 2 is 2.26 bits per heavy atom. The molecule has 3 nitrogen and oxygen atoms in total. The summed E-state index contributed by atoms with van der Waals surface area (Å²) in [6, 6.07) is 6.78. The highest BCUT2D eigenvalue weighted by Crippen LogP contribution is 2.42. The van der Waals surface area contributed by atoms with Gasteiger partial charge in [0.25, 0.3) is 0 Å². The lowest BCUT2D eigenvalue weighted by Crippen LogP contribution is -2.29. The molecular weight excluding hydrogens is 265 g/mol. The third-order valence-corrected chi connectivity index (χ3v) is 4.63. The SMILES string of the molecule is OCc1csc(C2(c3ccccc3F)CCOC2)n1. The van der Waals surface area contributed by atoms with Crippen LogP contribution >= 0.6 is 11.3 Å². The van der Waals surface area contributed by atoms with Gasteiger partial charge in [-0.15, -0.1) is 11.3 Å². The Labute approximate surface area is 114 Å². The number of hydrogen-bond donors (Lipinski definition) is 1. The van der Waals surface area contributed by atoms with E-state index in [2.05, 4.69) is 4.98 Å². The van der Waals surface area contributed by atoms with Gasteiger partial charge in [0.1, 0.15) is 10.8 Å². The van der Waals surface area contributed by atoms with Crippen molar-refractivity contribution in [1.82, 2.24) is 4.98 Å². The highest BCUT2D eigenvalue weighted by molar-refractivity contribution is 7.09. The summed E-state index contributed by atoms with van der Waals surface area (Å²) in [6.45, 7) is 0.944. The third-order valence-electron chi connectivity index (χ3n) is 3.53. The molecule has 1 N–H and O–H groups in total. The van der Waals surface area contributed by atoms with Crippen LogP contribution in [-0.4, -0.2) is 23.3 Å². The van der Waals surface area contributed by atoms with E-state index in [9.17, 15) is 4.39 Å². The number of halogens is 1. The van der Waals surface area contributed by atoms with Crippen molar-refractivity contribution >= 4 is 11.3 Å². The van der Waals surface area contributed by atoms with Crippen molar-refractivity contribution in [3.63, 3.8) is 0 Å². The molecule has 0 amide bonds. The molecule has 1 atom stereocenters. The van der Waals surface area contributed by atoms with E-state index < -0.39 is 5.41 Å². The van der Waals surface area contributed by atoms with Crippen molar-refractivity contribution in [3.8, 4) is 0 Å². The van der Waals surface area contributed by atoms with Gasteiger partial charge in [0.2, 0.25) is 0 Å². The molecule has 1 aliphatic rings. The van der Waals surface area contributed by atoms with Crippen molar-refractivity contribution in [1.29, 1.82) is 0 Å². The lowest BCUT2D eigenvalue weighted by Gasteiger charge is -2.26. The van der Waals surface area contributed by atoms with Crippen LogP contribution in [0.2, 0.25) is 0 Å². The van der Waals surface area contributed by atoms with Crippen molar-refractivity contribution < 1.29 is 14.2 Å². The fourth-order valence-corrected chi connectivity index (χ4v) is 3.55. The summed E-state index contributed by atoms with van der Waals surface area (Å²) in [5.41, 5.74) is 0.748. The normalized spacial score (nSPS) is 22.8. The molecule has 1 aliphatic heterocycles. The Morgan fingerprint density at radius 1 is 1.42 bits per heavy atom. The minimum atomic E-state index is -0.510. The molecule has 0 aliphatic carbocycles. The lowest BCUT2D eigenvalue weighted by molar-refractivity contribution is 0.183. The molecule has 5 heteroatoms. The number of benzene rings is 1. The Balaban J connectivity index is 2.12. The Bertz CT molecular complexity index is 578. The fraction of sp³-hybridized carbons (Fsp3) is 0.357. The first-order valence-corrected chi connectivity index (χ1v) is 7.03. The van der Waals surface area contributed by atoms with Crippen LogP contribution in [0.5, 0.6) is 0 Å². The van der Waals surface area contributed by atoms with Crippen LogP contribution in [0.4, 0.5) is 4.39 Å². The monoisotopic (exact) mass is 279 g/mol. The van der Waals surface area contributed by atoms with Crippen molar-refractivity contribution in [2.24, 2.45) is 0 Å². The molecule has 3 rings (SSSR count). The molecule has 0 radical (unpaired) electrons. The second-order valence-corrected chi connectivity index (χ2v) is 5.52. The summed E-state index contributed by atoms with van der Waals surface area (Å²) in [5, 5.41) is 11.8. The Kier molecular flexibility index (Phi) is 3.35. The summed E-state index contributed by atoms with van der Waals surface area (Å²) in [6.07, 6.45) is 0.715. The minimum Gasteiger partial charge on any atom is -0.390 e. The van der Waals surface area contributed by atoms with Crippen molar-refractivity contribution in [3.05, 3.63) is 51.7 Å². The van der Waals surface area contributed by atoms with E-state index in [1.54, 1.807) is 12.1 Å². The second-order valence-electron chi connectivity index (χ2n) is 4.67. The van der Waals surface area contributed by atoms with Crippen LogP contribution < -0.4 is 0 Å². The average Bonchev–Trinajstić information content (AvgIpc) is 3.09. The molecule has 100 valence electrons. The summed E-state index contributed by atoms with van der Waals surface area (Å²) in [7, 11) is 0. The maximum atomic E-state index is 14.1. The predicted octanol–water partition coefficient (Wildman–Crippen LogP) is 2.48. The number of nitrogens with zero attached hydrogens (tertiary/aromatic N) is 1. The van der Waals surface area contributed by atoms with E-state index in [0.29, 0.717) is 30.9 Å². The molecule has 0 saturated carbocycles.